The molecular weight excluding hydrogens is 338 g/mol. The fourth-order valence-electron chi connectivity index (χ4n) is 4.08. The van der Waals surface area contributed by atoms with Gasteiger partial charge >= 0.3 is 0 Å². The minimum absolute atomic E-state index is 0.0955. The largest absolute Gasteiger partial charge is 0.508 e. The summed E-state index contributed by atoms with van der Waals surface area (Å²) in [6.45, 7) is 0.511. The van der Waals surface area contributed by atoms with Crippen molar-refractivity contribution in [2.75, 3.05) is 6.61 Å². The Labute approximate surface area is 156 Å². The van der Waals surface area contributed by atoms with Gasteiger partial charge in [-0.25, -0.2) is 0 Å². The van der Waals surface area contributed by atoms with Gasteiger partial charge in [0.2, 0.25) is 0 Å². The molecule has 1 aromatic heterocycles. The van der Waals surface area contributed by atoms with E-state index in [9.17, 15) is 10.2 Å². The van der Waals surface area contributed by atoms with Gasteiger partial charge in [-0.1, -0.05) is 24.3 Å². The van der Waals surface area contributed by atoms with Gasteiger partial charge in [0.15, 0.2) is 0 Å². The molecule has 0 saturated heterocycles. The molecule has 1 aliphatic rings. The van der Waals surface area contributed by atoms with Crippen LogP contribution in [0, 0.1) is 0 Å². The minimum atomic E-state index is 0.0955. The Bertz CT molecular complexity index is 1110. The number of aromatic hydroxyl groups is 2. The Kier molecular flexibility index (Phi) is 3.57. The van der Waals surface area contributed by atoms with E-state index in [4.69, 9.17) is 4.74 Å². The number of H-pyrrole nitrogens is 1. The standard InChI is InChI=1S/C23H19NO3/c25-17-4-1-14(2-5-17)20-13-27-22-12-18(26)6-7-19(22)23(20)16-3-8-21-15(11-16)9-10-24-21/h1-12,20,23-26H,13H2. The van der Waals surface area contributed by atoms with Gasteiger partial charge in [0.1, 0.15) is 17.2 Å². The molecule has 5 rings (SSSR count). The minimum Gasteiger partial charge on any atom is -0.508 e. The zero-order chi connectivity index (χ0) is 18.4. The molecule has 0 aliphatic carbocycles. The lowest BCUT2D eigenvalue weighted by Crippen LogP contribution is -2.25. The SMILES string of the molecule is Oc1ccc(C2COc3cc(O)ccc3C2c2ccc3[nH]ccc3c2)cc1. The zero-order valence-electron chi connectivity index (χ0n) is 14.6. The number of hydrogen-bond donors (Lipinski definition) is 3. The summed E-state index contributed by atoms with van der Waals surface area (Å²) in [4.78, 5) is 3.24. The normalized spacial score (nSPS) is 18.8. The van der Waals surface area contributed by atoms with E-state index in [1.807, 2.05) is 24.4 Å². The Balaban J connectivity index is 1.68. The number of aromatic nitrogens is 1. The Hall–Kier alpha value is -3.40. The molecule has 0 fully saturated rings. The molecule has 0 bridgehead atoms. The summed E-state index contributed by atoms with van der Waals surface area (Å²) in [6.07, 6.45) is 1.95. The van der Waals surface area contributed by atoms with Crippen molar-refractivity contribution in [2.45, 2.75) is 11.8 Å². The Morgan fingerprint density at radius 3 is 2.44 bits per heavy atom. The van der Waals surface area contributed by atoms with E-state index < -0.39 is 0 Å². The zero-order valence-corrected chi connectivity index (χ0v) is 14.6. The van der Waals surface area contributed by atoms with E-state index >= 15 is 0 Å². The van der Waals surface area contributed by atoms with Crippen molar-refractivity contribution in [1.29, 1.82) is 0 Å². The van der Waals surface area contributed by atoms with Crippen LogP contribution in [0.25, 0.3) is 10.9 Å². The summed E-state index contributed by atoms with van der Waals surface area (Å²) in [5.74, 6) is 1.39. The maximum Gasteiger partial charge on any atom is 0.126 e. The maximum atomic E-state index is 9.86. The molecule has 27 heavy (non-hydrogen) atoms. The number of aromatic amines is 1. The van der Waals surface area contributed by atoms with E-state index in [0.29, 0.717) is 6.61 Å². The highest BCUT2D eigenvalue weighted by atomic mass is 16.5. The van der Waals surface area contributed by atoms with Crippen LogP contribution in [0.1, 0.15) is 28.5 Å². The first kappa shape index (κ1) is 15.8. The van der Waals surface area contributed by atoms with Crippen LogP contribution in [0.15, 0.2) is 72.9 Å². The average Bonchev–Trinajstić information content (AvgIpc) is 3.15. The molecular formula is C23H19NO3. The van der Waals surface area contributed by atoms with Crippen LogP contribution in [-0.2, 0) is 0 Å². The second kappa shape index (κ2) is 6.09. The van der Waals surface area contributed by atoms with Crippen molar-refractivity contribution in [3.8, 4) is 17.2 Å². The van der Waals surface area contributed by atoms with Crippen molar-refractivity contribution in [3.63, 3.8) is 0 Å². The number of fused-ring (bicyclic) bond motifs is 2. The summed E-state index contributed by atoms with van der Waals surface area (Å²) >= 11 is 0. The van der Waals surface area contributed by atoms with Gasteiger partial charge in [-0.2, -0.15) is 0 Å². The molecule has 0 spiro atoms. The van der Waals surface area contributed by atoms with E-state index in [1.165, 1.54) is 10.9 Å². The number of phenols is 2. The fraction of sp³-hybridized carbons (Fsp3) is 0.130. The molecule has 0 saturated carbocycles. The average molecular weight is 357 g/mol. The number of hydrogen-bond acceptors (Lipinski definition) is 3. The predicted octanol–water partition coefficient (Wildman–Crippen LogP) is 4.89. The van der Waals surface area contributed by atoms with Crippen LogP contribution in [-0.4, -0.2) is 21.8 Å². The highest BCUT2D eigenvalue weighted by molar-refractivity contribution is 5.80. The van der Waals surface area contributed by atoms with Crippen LogP contribution in [0.3, 0.4) is 0 Å². The van der Waals surface area contributed by atoms with Crippen molar-refractivity contribution in [3.05, 3.63) is 89.6 Å². The van der Waals surface area contributed by atoms with Gasteiger partial charge in [0.05, 0.1) is 6.61 Å². The molecule has 1 aliphatic heterocycles. The third kappa shape index (κ3) is 2.70. The summed E-state index contributed by atoms with van der Waals surface area (Å²) in [5, 5.41) is 20.7. The van der Waals surface area contributed by atoms with Crippen molar-refractivity contribution in [1.82, 2.24) is 4.98 Å². The van der Waals surface area contributed by atoms with Gasteiger partial charge in [-0.05, 0) is 52.9 Å². The van der Waals surface area contributed by atoms with Gasteiger partial charge < -0.3 is 19.9 Å². The second-order valence-corrected chi connectivity index (χ2v) is 7.03. The molecule has 4 aromatic rings. The van der Waals surface area contributed by atoms with Crippen molar-refractivity contribution < 1.29 is 14.9 Å². The fourth-order valence-corrected chi connectivity index (χ4v) is 4.08. The molecule has 134 valence electrons. The lowest BCUT2D eigenvalue weighted by atomic mass is 9.75. The van der Waals surface area contributed by atoms with Crippen LogP contribution < -0.4 is 4.74 Å². The molecule has 4 heteroatoms. The smallest absolute Gasteiger partial charge is 0.126 e. The molecule has 2 heterocycles. The second-order valence-electron chi connectivity index (χ2n) is 7.03. The predicted molar refractivity (Wildman–Crippen MR) is 105 cm³/mol. The highest BCUT2D eigenvalue weighted by Crippen LogP contribution is 2.47. The summed E-state index contributed by atoms with van der Waals surface area (Å²) in [7, 11) is 0. The number of rotatable bonds is 2. The number of ether oxygens (including phenoxy) is 1. The van der Waals surface area contributed by atoms with Crippen LogP contribution in [0.2, 0.25) is 0 Å². The van der Waals surface area contributed by atoms with Gasteiger partial charge in [0.25, 0.3) is 0 Å². The Morgan fingerprint density at radius 1 is 0.815 bits per heavy atom. The van der Waals surface area contributed by atoms with Gasteiger partial charge in [-0.15, -0.1) is 0 Å². The number of phenolic OH excluding ortho intramolecular Hbond substituents is 2. The molecule has 2 atom stereocenters. The van der Waals surface area contributed by atoms with E-state index in [2.05, 4.69) is 29.2 Å². The van der Waals surface area contributed by atoms with Gasteiger partial charge in [-0.3, -0.25) is 0 Å². The van der Waals surface area contributed by atoms with Crippen LogP contribution in [0.5, 0.6) is 17.2 Å². The topological polar surface area (TPSA) is 65.5 Å². The van der Waals surface area contributed by atoms with Crippen LogP contribution >= 0.6 is 0 Å². The molecule has 0 radical (unpaired) electrons. The molecule has 3 aromatic carbocycles. The van der Waals surface area contributed by atoms with E-state index in [1.54, 1.807) is 24.3 Å². The van der Waals surface area contributed by atoms with Gasteiger partial charge in [0, 0.05) is 35.2 Å². The maximum absolute atomic E-state index is 9.86. The third-order valence-corrected chi connectivity index (χ3v) is 5.41. The molecule has 2 unspecified atom stereocenters. The summed E-state index contributed by atoms with van der Waals surface area (Å²) in [5.41, 5.74) is 4.49. The number of benzene rings is 3. The summed E-state index contributed by atoms with van der Waals surface area (Å²) < 4.78 is 6.00. The molecule has 0 amide bonds. The first-order valence-electron chi connectivity index (χ1n) is 9.01. The van der Waals surface area contributed by atoms with Crippen LogP contribution in [0.4, 0.5) is 0 Å². The van der Waals surface area contributed by atoms with Crippen molar-refractivity contribution in [2.24, 2.45) is 0 Å². The third-order valence-electron chi connectivity index (χ3n) is 5.41. The highest BCUT2D eigenvalue weighted by Gasteiger charge is 2.33. The summed E-state index contributed by atoms with van der Waals surface area (Å²) in [6, 6.07) is 21.2. The van der Waals surface area contributed by atoms with E-state index in [-0.39, 0.29) is 23.3 Å². The lowest BCUT2D eigenvalue weighted by Gasteiger charge is -2.34. The lowest BCUT2D eigenvalue weighted by molar-refractivity contribution is 0.247. The first-order chi connectivity index (χ1) is 13.2. The van der Waals surface area contributed by atoms with E-state index in [0.717, 1.165) is 22.4 Å². The first-order valence-corrected chi connectivity index (χ1v) is 9.01. The number of nitrogens with one attached hydrogen (secondary N) is 1. The van der Waals surface area contributed by atoms with Crippen molar-refractivity contribution >= 4 is 10.9 Å². The molecule has 3 N–H and O–H groups in total. The monoisotopic (exact) mass is 357 g/mol. The molecule has 4 nitrogen and oxygen atoms in total. The quantitative estimate of drug-likeness (QED) is 0.479. The Morgan fingerprint density at radius 2 is 1.59 bits per heavy atom.